The van der Waals surface area contributed by atoms with E-state index in [2.05, 4.69) is 12.7 Å². The van der Waals surface area contributed by atoms with Crippen molar-refractivity contribution in [1.82, 2.24) is 0 Å². The summed E-state index contributed by atoms with van der Waals surface area (Å²) in [5.74, 6) is -0.702. The molecule has 24 heavy (non-hydrogen) atoms. The smallest absolute Gasteiger partial charge is 0.201 e. The van der Waals surface area contributed by atoms with Gasteiger partial charge in [0.05, 0.1) is 7.11 Å². The topological polar surface area (TPSA) is 9.23 Å². The number of ether oxygens (including phenoxy) is 1. The van der Waals surface area contributed by atoms with Gasteiger partial charge in [0.15, 0.2) is 11.6 Å². The third-order valence-corrected chi connectivity index (χ3v) is 5.07. The van der Waals surface area contributed by atoms with Crippen LogP contribution in [0.3, 0.4) is 0 Å². The average Bonchev–Trinajstić information content (AvgIpc) is 2.64. The van der Waals surface area contributed by atoms with Gasteiger partial charge in [-0.1, -0.05) is 30.3 Å². The first-order valence-electron chi connectivity index (χ1n) is 8.39. The van der Waals surface area contributed by atoms with E-state index in [-0.39, 0.29) is 12.7 Å². The Hall–Kier alpha value is -2.16. The standard InChI is InChI=1S/C21H22F2O.H2/c1-3-14-4-6-15(7-5-14)16-8-10-17(11-9-16)18-12-13-19(24-2)21(23)20(18)22;/h3,8-15H,1,4-7H2,2H3;1H. The monoisotopic (exact) mass is 330 g/mol. The first-order chi connectivity index (χ1) is 11.6. The van der Waals surface area contributed by atoms with Crippen LogP contribution < -0.4 is 4.74 Å². The zero-order valence-electron chi connectivity index (χ0n) is 13.9. The molecule has 2 aromatic carbocycles. The largest absolute Gasteiger partial charge is 0.494 e. The zero-order chi connectivity index (χ0) is 17.1. The summed E-state index contributed by atoms with van der Waals surface area (Å²) in [6.07, 6.45) is 6.71. The predicted molar refractivity (Wildman–Crippen MR) is 95.4 cm³/mol. The minimum atomic E-state index is -0.943. The van der Waals surface area contributed by atoms with Crippen LogP contribution in [0.2, 0.25) is 0 Å². The molecule has 0 radical (unpaired) electrons. The second-order valence-corrected chi connectivity index (χ2v) is 6.41. The minimum absolute atomic E-state index is 0. The van der Waals surface area contributed by atoms with E-state index in [9.17, 15) is 8.78 Å². The summed E-state index contributed by atoms with van der Waals surface area (Å²) >= 11 is 0. The van der Waals surface area contributed by atoms with Gasteiger partial charge in [0.1, 0.15) is 0 Å². The molecule has 1 fully saturated rings. The molecule has 0 heterocycles. The predicted octanol–water partition coefficient (Wildman–Crippen LogP) is 6.35. The molecule has 3 heteroatoms. The average molecular weight is 330 g/mol. The van der Waals surface area contributed by atoms with Crippen LogP contribution in [0.4, 0.5) is 8.78 Å². The SMILES string of the molecule is C=CC1CCC(c2ccc(-c3ccc(OC)c(F)c3F)cc2)CC1.[HH]. The lowest BCUT2D eigenvalue weighted by molar-refractivity contribution is 0.372. The number of allylic oxidation sites excluding steroid dienone is 1. The third-order valence-electron chi connectivity index (χ3n) is 5.07. The van der Waals surface area contributed by atoms with Crippen molar-refractivity contribution < 1.29 is 14.9 Å². The van der Waals surface area contributed by atoms with Crippen LogP contribution in [0.15, 0.2) is 49.1 Å². The molecule has 0 N–H and O–H groups in total. The van der Waals surface area contributed by atoms with E-state index >= 15 is 0 Å². The number of halogens is 2. The molecule has 0 aliphatic heterocycles. The van der Waals surface area contributed by atoms with Gasteiger partial charge >= 0.3 is 0 Å². The van der Waals surface area contributed by atoms with E-state index in [0.29, 0.717) is 17.4 Å². The van der Waals surface area contributed by atoms with Crippen LogP contribution in [0.1, 0.15) is 38.6 Å². The van der Waals surface area contributed by atoms with Crippen molar-refractivity contribution in [1.29, 1.82) is 0 Å². The Morgan fingerprint density at radius 1 is 1.00 bits per heavy atom. The molecule has 1 nitrogen and oxygen atoms in total. The maximum Gasteiger partial charge on any atom is 0.201 e. The van der Waals surface area contributed by atoms with Gasteiger partial charge in [0.25, 0.3) is 0 Å². The normalized spacial score (nSPS) is 20.6. The Balaban J connectivity index is 0.00000225. The highest BCUT2D eigenvalue weighted by Gasteiger charge is 2.21. The van der Waals surface area contributed by atoms with E-state index < -0.39 is 11.6 Å². The molecule has 0 atom stereocenters. The summed E-state index contributed by atoms with van der Waals surface area (Å²) in [5.41, 5.74) is 2.21. The lowest BCUT2D eigenvalue weighted by Crippen LogP contribution is -2.11. The number of rotatable bonds is 4. The summed E-state index contributed by atoms with van der Waals surface area (Å²) in [6, 6.07) is 10.8. The highest BCUT2D eigenvalue weighted by atomic mass is 19.2. The molecule has 0 saturated heterocycles. The van der Waals surface area contributed by atoms with Gasteiger partial charge < -0.3 is 4.74 Å². The molecular weight excluding hydrogens is 306 g/mol. The first kappa shape index (κ1) is 16.7. The van der Waals surface area contributed by atoms with E-state index in [0.717, 1.165) is 12.8 Å². The van der Waals surface area contributed by atoms with Crippen molar-refractivity contribution in [3.05, 3.63) is 66.3 Å². The van der Waals surface area contributed by atoms with Gasteiger partial charge in [-0.25, -0.2) is 4.39 Å². The Kier molecular flexibility index (Phi) is 4.98. The van der Waals surface area contributed by atoms with Gasteiger partial charge in [-0.3, -0.25) is 0 Å². The molecule has 0 unspecified atom stereocenters. The quantitative estimate of drug-likeness (QED) is 0.594. The summed E-state index contributed by atoms with van der Waals surface area (Å²) in [4.78, 5) is 0. The maximum atomic E-state index is 14.2. The number of methoxy groups -OCH3 is 1. The summed E-state index contributed by atoms with van der Waals surface area (Å²) in [6.45, 7) is 3.88. The van der Waals surface area contributed by atoms with Gasteiger partial charge in [-0.15, -0.1) is 6.58 Å². The van der Waals surface area contributed by atoms with Crippen molar-refractivity contribution in [3.63, 3.8) is 0 Å². The Morgan fingerprint density at radius 3 is 2.25 bits per heavy atom. The Morgan fingerprint density at radius 2 is 1.67 bits per heavy atom. The van der Waals surface area contributed by atoms with Crippen molar-refractivity contribution in [2.45, 2.75) is 31.6 Å². The molecule has 2 aromatic rings. The molecule has 3 rings (SSSR count). The van der Waals surface area contributed by atoms with Crippen molar-refractivity contribution in [2.75, 3.05) is 7.11 Å². The first-order valence-corrected chi connectivity index (χ1v) is 8.39. The van der Waals surface area contributed by atoms with Gasteiger partial charge in [0.2, 0.25) is 5.82 Å². The lowest BCUT2D eigenvalue weighted by Gasteiger charge is -2.27. The summed E-state index contributed by atoms with van der Waals surface area (Å²) < 4.78 is 32.9. The van der Waals surface area contributed by atoms with Crippen molar-refractivity contribution in [2.24, 2.45) is 5.92 Å². The molecule has 0 bridgehead atoms. The fourth-order valence-electron chi connectivity index (χ4n) is 3.54. The van der Waals surface area contributed by atoms with E-state index in [4.69, 9.17) is 4.74 Å². The van der Waals surface area contributed by atoms with Gasteiger partial charge in [0, 0.05) is 6.99 Å². The molecule has 0 amide bonds. The fourth-order valence-corrected chi connectivity index (χ4v) is 3.54. The molecule has 0 spiro atoms. The zero-order valence-corrected chi connectivity index (χ0v) is 13.9. The molecular formula is C21H24F2O. The number of hydrogen-bond acceptors (Lipinski definition) is 1. The third kappa shape index (κ3) is 3.21. The molecule has 1 aliphatic carbocycles. The Labute approximate surface area is 143 Å². The van der Waals surface area contributed by atoms with E-state index in [1.165, 1.54) is 31.6 Å². The molecule has 0 aromatic heterocycles. The van der Waals surface area contributed by atoms with Crippen LogP contribution in [-0.2, 0) is 0 Å². The molecule has 1 saturated carbocycles. The van der Waals surface area contributed by atoms with Gasteiger partial charge in [-0.2, -0.15) is 4.39 Å². The fraction of sp³-hybridized carbons (Fsp3) is 0.333. The number of benzene rings is 2. The highest BCUT2D eigenvalue weighted by Crippen LogP contribution is 2.37. The number of hydrogen-bond donors (Lipinski definition) is 0. The summed E-state index contributed by atoms with van der Waals surface area (Å²) in [7, 11) is 1.33. The van der Waals surface area contributed by atoms with E-state index in [1.807, 2.05) is 24.3 Å². The van der Waals surface area contributed by atoms with Crippen LogP contribution in [0, 0.1) is 17.6 Å². The lowest BCUT2D eigenvalue weighted by atomic mass is 9.78. The Bertz CT molecular complexity index is 719. The van der Waals surface area contributed by atoms with E-state index in [1.54, 1.807) is 6.07 Å². The van der Waals surface area contributed by atoms with Crippen LogP contribution in [0.25, 0.3) is 11.1 Å². The molecule has 128 valence electrons. The maximum absolute atomic E-state index is 14.2. The van der Waals surface area contributed by atoms with Crippen LogP contribution >= 0.6 is 0 Å². The van der Waals surface area contributed by atoms with Crippen LogP contribution in [-0.4, -0.2) is 7.11 Å². The second-order valence-electron chi connectivity index (χ2n) is 6.41. The summed E-state index contributed by atoms with van der Waals surface area (Å²) in [5, 5.41) is 0. The molecule has 1 aliphatic rings. The van der Waals surface area contributed by atoms with Crippen molar-refractivity contribution >= 4 is 0 Å². The highest BCUT2D eigenvalue weighted by molar-refractivity contribution is 5.65. The minimum Gasteiger partial charge on any atom is -0.494 e. The van der Waals surface area contributed by atoms with Crippen LogP contribution in [0.5, 0.6) is 5.75 Å². The van der Waals surface area contributed by atoms with Crippen molar-refractivity contribution in [3.8, 4) is 16.9 Å². The second kappa shape index (κ2) is 7.16. The van der Waals surface area contributed by atoms with Gasteiger partial charge in [-0.05, 0) is 60.8 Å².